The van der Waals surface area contributed by atoms with Crippen molar-refractivity contribution in [2.75, 3.05) is 19.6 Å². The molecule has 0 spiro atoms. The van der Waals surface area contributed by atoms with Crippen molar-refractivity contribution in [3.8, 4) is 0 Å². The van der Waals surface area contributed by atoms with Crippen LogP contribution >= 0.6 is 0 Å². The molecule has 2 aliphatic heterocycles. The normalized spacial score (nSPS) is 30.3. The second-order valence-electron chi connectivity index (χ2n) is 5.61. The van der Waals surface area contributed by atoms with E-state index in [9.17, 15) is 4.79 Å². The van der Waals surface area contributed by atoms with Crippen LogP contribution < -0.4 is 5.32 Å². The largest absolute Gasteiger partial charge is 0.340 e. The van der Waals surface area contributed by atoms with E-state index < -0.39 is 0 Å². The van der Waals surface area contributed by atoms with E-state index in [0.29, 0.717) is 17.9 Å². The fourth-order valence-electron chi connectivity index (χ4n) is 3.03. The number of nitrogens with zero attached hydrogens (tertiary/aromatic N) is 2. The van der Waals surface area contributed by atoms with Gasteiger partial charge in [0.05, 0.1) is 0 Å². The lowest BCUT2D eigenvalue weighted by Crippen LogP contribution is -2.42. The Bertz CT molecular complexity index is 249. The monoisotopic (exact) mass is 237 g/mol. The molecule has 2 atom stereocenters. The summed E-state index contributed by atoms with van der Waals surface area (Å²) in [5.74, 6) is 1.05. The predicted molar refractivity (Wildman–Crippen MR) is 68.9 cm³/mol. The quantitative estimate of drug-likeness (QED) is 0.741. The van der Waals surface area contributed by atoms with E-state index in [1.807, 2.05) is 0 Å². The van der Waals surface area contributed by atoms with Gasteiger partial charge in [0.1, 0.15) is 0 Å². The molecule has 2 saturated heterocycles. The number of likely N-dealkylation sites (tertiary alicyclic amines) is 1. The molecule has 0 N–H and O–H groups in total. The third kappa shape index (κ3) is 3.70. The topological polar surface area (TPSA) is 34.4 Å². The Morgan fingerprint density at radius 3 is 2.88 bits per heavy atom. The maximum atomic E-state index is 12.1. The van der Waals surface area contributed by atoms with E-state index in [4.69, 9.17) is 0 Å². The van der Waals surface area contributed by atoms with E-state index in [1.54, 1.807) is 0 Å². The van der Waals surface area contributed by atoms with E-state index in [2.05, 4.69) is 17.1 Å². The Hall–Kier alpha value is -0.570. The summed E-state index contributed by atoms with van der Waals surface area (Å²) < 4.78 is 0. The van der Waals surface area contributed by atoms with Gasteiger partial charge in [-0.15, -0.1) is 0 Å². The average molecular weight is 237 g/mol. The van der Waals surface area contributed by atoms with E-state index >= 15 is 0 Å². The minimum Gasteiger partial charge on any atom is -0.340 e. The summed E-state index contributed by atoms with van der Waals surface area (Å²) in [4.78, 5) is 14.2. The molecule has 2 aliphatic rings. The lowest BCUT2D eigenvalue weighted by molar-refractivity contribution is -0.134. The number of hydrogen-bond donors (Lipinski definition) is 0. The van der Waals surface area contributed by atoms with Gasteiger partial charge >= 0.3 is 0 Å². The molecule has 1 amide bonds. The van der Waals surface area contributed by atoms with Gasteiger partial charge < -0.3 is 4.90 Å². The van der Waals surface area contributed by atoms with E-state index in [1.165, 1.54) is 32.1 Å². The zero-order valence-electron chi connectivity index (χ0n) is 11.0. The van der Waals surface area contributed by atoms with Gasteiger partial charge in [-0.1, -0.05) is 0 Å². The van der Waals surface area contributed by atoms with Crippen LogP contribution in [0.15, 0.2) is 0 Å². The number of carbonyl (C=O) groups is 1. The molecule has 17 heavy (non-hydrogen) atoms. The minimum atomic E-state index is 0.378. The molecule has 0 aromatic heterocycles. The van der Waals surface area contributed by atoms with Crippen molar-refractivity contribution in [3.63, 3.8) is 0 Å². The molecule has 2 heterocycles. The third-order valence-electron chi connectivity index (χ3n) is 4.21. The maximum absolute atomic E-state index is 12.1. The Balaban J connectivity index is 1.72. The Morgan fingerprint density at radius 2 is 2.18 bits per heavy atom. The molecule has 0 aromatic rings. The summed E-state index contributed by atoms with van der Waals surface area (Å²) >= 11 is 0. The molecule has 3 nitrogen and oxygen atoms in total. The molecule has 3 heteroatoms. The molecule has 1 radical (unpaired) electrons. The van der Waals surface area contributed by atoms with Crippen LogP contribution in [0.2, 0.25) is 0 Å². The van der Waals surface area contributed by atoms with Crippen molar-refractivity contribution in [1.29, 1.82) is 0 Å². The SMILES string of the molecule is CC1CCCCN1C(=O)CCC1CCC[N]C1. The van der Waals surface area contributed by atoms with Crippen molar-refractivity contribution in [2.24, 2.45) is 5.92 Å². The van der Waals surface area contributed by atoms with Crippen molar-refractivity contribution >= 4 is 5.91 Å². The maximum Gasteiger partial charge on any atom is 0.222 e. The fourth-order valence-corrected chi connectivity index (χ4v) is 3.03. The predicted octanol–water partition coefficient (Wildman–Crippen LogP) is 2.18. The number of hydrogen-bond acceptors (Lipinski definition) is 1. The molecule has 0 aromatic carbocycles. The van der Waals surface area contributed by atoms with Gasteiger partial charge in [0.25, 0.3) is 0 Å². The Labute approximate surface area is 105 Å². The van der Waals surface area contributed by atoms with Crippen LogP contribution in [0.3, 0.4) is 0 Å². The molecule has 2 fully saturated rings. The molecule has 97 valence electrons. The van der Waals surface area contributed by atoms with Crippen LogP contribution in [0.25, 0.3) is 0 Å². The van der Waals surface area contributed by atoms with Crippen LogP contribution in [0.5, 0.6) is 0 Å². The highest BCUT2D eigenvalue weighted by Gasteiger charge is 2.24. The first kappa shape index (κ1) is 12.9. The van der Waals surface area contributed by atoms with Crippen molar-refractivity contribution in [2.45, 2.75) is 57.9 Å². The molecular weight excluding hydrogens is 212 g/mol. The smallest absolute Gasteiger partial charge is 0.222 e. The number of piperidine rings is 2. The van der Waals surface area contributed by atoms with E-state index in [-0.39, 0.29) is 0 Å². The van der Waals surface area contributed by atoms with Gasteiger partial charge in [0.2, 0.25) is 5.91 Å². The Morgan fingerprint density at radius 1 is 1.29 bits per heavy atom. The second kappa shape index (κ2) is 6.39. The number of amides is 1. The van der Waals surface area contributed by atoms with Crippen LogP contribution in [0.4, 0.5) is 0 Å². The minimum absolute atomic E-state index is 0.378. The van der Waals surface area contributed by atoms with Crippen LogP contribution in [0.1, 0.15) is 51.9 Å². The van der Waals surface area contributed by atoms with Crippen molar-refractivity contribution in [3.05, 3.63) is 0 Å². The van der Waals surface area contributed by atoms with Crippen molar-refractivity contribution in [1.82, 2.24) is 10.2 Å². The van der Waals surface area contributed by atoms with Crippen LogP contribution in [0, 0.1) is 5.92 Å². The Kier molecular flexibility index (Phi) is 4.84. The molecule has 0 bridgehead atoms. The van der Waals surface area contributed by atoms with Gasteiger partial charge in [-0.3, -0.25) is 4.79 Å². The fraction of sp³-hybridized carbons (Fsp3) is 0.929. The molecular formula is C14H25N2O. The van der Waals surface area contributed by atoms with Gasteiger partial charge in [-0.2, -0.15) is 0 Å². The van der Waals surface area contributed by atoms with Gasteiger partial charge in [0, 0.05) is 32.1 Å². The first-order valence-corrected chi connectivity index (χ1v) is 7.20. The van der Waals surface area contributed by atoms with Gasteiger partial charge in [0.15, 0.2) is 0 Å². The highest BCUT2D eigenvalue weighted by Crippen LogP contribution is 2.21. The standard InChI is InChI=1S/C14H25N2O/c1-12-5-2-3-10-16(12)14(17)8-7-13-6-4-9-15-11-13/h12-13H,2-11H2,1H3. The van der Waals surface area contributed by atoms with Gasteiger partial charge in [-0.05, 0) is 51.4 Å². The van der Waals surface area contributed by atoms with Crippen LogP contribution in [-0.4, -0.2) is 36.5 Å². The summed E-state index contributed by atoms with van der Waals surface area (Å²) in [6.45, 7) is 5.19. The first-order valence-electron chi connectivity index (χ1n) is 7.20. The molecule has 0 saturated carbocycles. The summed E-state index contributed by atoms with van der Waals surface area (Å²) in [5.41, 5.74) is 0. The molecule has 0 aliphatic carbocycles. The van der Waals surface area contributed by atoms with Gasteiger partial charge in [-0.25, -0.2) is 5.32 Å². The zero-order chi connectivity index (χ0) is 12.1. The number of rotatable bonds is 3. The average Bonchev–Trinajstić information content (AvgIpc) is 2.38. The van der Waals surface area contributed by atoms with Crippen LogP contribution in [-0.2, 0) is 4.79 Å². The summed E-state index contributed by atoms with van der Waals surface area (Å²) in [6.07, 6.45) is 7.94. The zero-order valence-corrected chi connectivity index (χ0v) is 11.0. The molecule has 2 rings (SSSR count). The lowest BCUT2D eigenvalue weighted by atomic mass is 9.94. The molecule has 2 unspecified atom stereocenters. The van der Waals surface area contributed by atoms with E-state index in [0.717, 1.165) is 32.5 Å². The lowest BCUT2D eigenvalue weighted by Gasteiger charge is -2.34. The van der Waals surface area contributed by atoms with Crippen molar-refractivity contribution < 1.29 is 4.79 Å². The first-order chi connectivity index (χ1) is 8.27. The third-order valence-corrected chi connectivity index (χ3v) is 4.21. The highest BCUT2D eigenvalue weighted by atomic mass is 16.2. The summed E-state index contributed by atoms with van der Waals surface area (Å²) in [5, 5.41) is 4.44. The number of carbonyl (C=O) groups excluding carboxylic acids is 1. The highest BCUT2D eigenvalue weighted by molar-refractivity contribution is 5.76. The second-order valence-corrected chi connectivity index (χ2v) is 5.61. The summed E-state index contributed by atoms with van der Waals surface area (Å²) in [6, 6.07) is 0.465. The summed E-state index contributed by atoms with van der Waals surface area (Å²) in [7, 11) is 0.